The fraction of sp³-hybridized carbons (Fsp3) is 0.538. The van der Waals surface area contributed by atoms with Crippen LogP contribution in [0.25, 0.3) is 0 Å². The van der Waals surface area contributed by atoms with Crippen LogP contribution >= 0.6 is 15.9 Å². The lowest BCUT2D eigenvalue weighted by molar-refractivity contribution is 0.118. The first-order chi connectivity index (χ1) is 8.30. The van der Waals surface area contributed by atoms with Gasteiger partial charge < -0.3 is 14.2 Å². The molecule has 0 N–H and O–H groups in total. The third-order valence-corrected chi connectivity index (χ3v) is 2.91. The van der Waals surface area contributed by atoms with Crippen LogP contribution in [0.3, 0.4) is 0 Å². The van der Waals surface area contributed by atoms with Crippen molar-refractivity contribution in [1.29, 1.82) is 0 Å². The second kappa shape index (κ2) is 8.37. The van der Waals surface area contributed by atoms with Gasteiger partial charge in [-0.05, 0) is 30.5 Å². The molecule has 0 spiro atoms. The molecule has 0 atom stereocenters. The molecule has 0 aromatic heterocycles. The molecule has 1 aromatic rings. The molecule has 3 nitrogen and oxygen atoms in total. The summed E-state index contributed by atoms with van der Waals surface area (Å²) in [5.74, 6) is 1.59. The summed E-state index contributed by atoms with van der Waals surface area (Å²) in [5.41, 5.74) is 1.07. The normalized spacial score (nSPS) is 10.3. The highest BCUT2D eigenvalue weighted by Gasteiger charge is 2.01. The zero-order valence-corrected chi connectivity index (χ0v) is 12.0. The van der Waals surface area contributed by atoms with Gasteiger partial charge in [-0.2, -0.15) is 0 Å². The lowest BCUT2D eigenvalue weighted by atomic mass is 10.2. The van der Waals surface area contributed by atoms with Crippen LogP contribution < -0.4 is 9.47 Å². The highest BCUT2D eigenvalue weighted by Crippen LogP contribution is 2.22. The highest BCUT2D eigenvalue weighted by atomic mass is 79.9. The fourth-order valence-electron chi connectivity index (χ4n) is 1.44. The smallest absolute Gasteiger partial charge is 0.122 e. The molecule has 0 fully saturated rings. The second-order valence-electron chi connectivity index (χ2n) is 3.67. The van der Waals surface area contributed by atoms with Gasteiger partial charge in [-0.15, -0.1) is 0 Å². The third-order valence-electron chi connectivity index (χ3n) is 2.35. The van der Waals surface area contributed by atoms with Gasteiger partial charge in [-0.1, -0.05) is 15.9 Å². The fourth-order valence-corrected chi connectivity index (χ4v) is 1.83. The van der Waals surface area contributed by atoms with E-state index in [1.165, 1.54) is 0 Å². The Balaban J connectivity index is 2.46. The summed E-state index contributed by atoms with van der Waals surface area (Å²) in [6, 6.07) is 5.79. The number of ether oxygens (including phenoxy) is 3. The van der Waals surface area contributed by atoms with Crippen molar-refractivity contribution in [3.63, 3.8) is 0 Å². The van der Waals surface area contributed by atoms with Gasteiger partial charge in [-0.3, -0.25) is 0 Å². The summed E-state index contributed by atoms with van der Waals surface area (Å²) in [6.45, 7) is 1.38. The molecule has 0 saturated carbocycles. The van der Waals surface area contributed by atoms with Crippen molar-refractivity contribution in [3.8, 4) is 11.5 Å². The van der Waals surface area contributed by atoms with Crippen molar-refractivity contribution in [2.45, 2.75) is 19.4 Å². The Hall–Kier alpha value is -0.740. The molecule has 1 rings (SSSR count). The maximum atomic E-state index is 5.59. The minimum Gasteiger partial charge on any atom is -0.497 e. The molecule has 0 aliphatic heterocycles. The van der Waals surface area contributed by atoms with Gasteiger partial charge in [-0.25, -0.2) is 0 Å². The number of hydrogen-bond acceptors (Lipinski definition) is 3. The first kappa shape index (κ1) is 14.3. The molecule has 0 unspecified atom stereocenters. The molecule has 0 amide bonds. The molecule has 0 heterocycles. The molecule has 0 aliphatic rings. The van der Waals surface area contributed by atoms with E-state index in [-0.39, 0.29) is 0 Å². The molecular weight excluding hydrogens is 284 g/mol. The summed E-state index contributed by atoms with van der Waals surface area (Å²) < 4.78 is 16.0. The summed E-state index contributed by atoms with van der Waals surface area (Å²) in [7, 11) is 3.30. The number of hydrogen-bond donors (Lipinski definition) is 0. The minimum atomic E-state index is 0.593. The number of benzene rings is 1. The Bertz CT molecular complexity index is 306. The average Bonchev–Trinajstić information content (AvgIpc) is 2.38. The molecular formula is C13H19BrO3. The van der Waals surface area contributed by atoms with Crippen LogP contribution in [0, 0.1) is 0 Å². The Labute approximate surface area is 111 Å². The van der Waals surface area contributed by atoms with Gasteiger partial charge in [0.15, 0.2) is 0 Å². The van der Waals surface area contributed by atoms with Gasteiger partial charge >= 0.3 is 0 Å². The van der Waals surface area contributed by atoms with E-state index in [9.17, 15) is 0 Å². The van der Waals surface area contributed by atoms with Crippen molar-refractivity contribution in [3.05, 3.63) is 23.8 Å². The zero-order valence-electron chi connectivity index (χ0n) is 10.4. The molecule has 1 aromatic carbocycles. The lowest BCUT2D eigenvalue weighted by Crippen LogP contribution is -1.97. The van der Waals surface area contributed by atoms with Crippen LogP contribution in [0.15, 0.2) is 18.2 Å². The first-order valence-corrected chi connectivity index (χ1v) is 6.78. The molecule has 17 heavy (non-hydrogen) atoms. The Kier molecular flexibility index (Phi) is 7.05. The van der Waals surface area contributed by atoms with E-state index in [1.54, 1.807) is 14.2 Å². The van der Waals surface area contributed by atoms with Crippen LogP contribution in [-0.4, -0.2) is 26.2 Å². The Morgan fingerprint density at radius 2 is 1.65 bits per heavy atom. The summed E-state index contributed by atoms with van der Waals surface area (Å²) in [5, 5.41) is 1.03. The van der Waals surface area contributed by atoms with Gasteiger partial charge in [0.25, 0.3) is 0 Å². The van der Waals surface area contributed by atoms with Gasteiger partial charge in [0, 0.05) is 18.0 Å². The largest absolute Gasteiger partial charge is 0.497 e. The zero-order chi connectivity index (χ0) is 12.5. The summed E-state index contributed by atoms with van der Waals surface area (Å²) in [6.07, 6.45) is 2.22. The van der Waals surface area contributed by atoms with Gasteiger partial charge in [0.2, 0.25) is 0 Å². The maximum Gasteiger partial charge on any atom is 0.122 e. The third kappa shape index (κ3) is 5.41. The van der Waals surface area contributed by atoms with Crippen molar-refractivity contribution in [2.75, 3.05) is 26.2 Å². The van der Waals surface area contributed by atoms with E-state index in [4.69, 9.17) is 14.2 Å². The topological polar surface area (TPSA) is 27.7 Å². The maximum absolute atomic E-state index is 5.59. The number of halogens is 1. The Morgan fingerprint density at radius 3 is 2.18 bits per heavy atom. The molecule has 96 valence electrons. The predicted molar refractivity (Wildman–Crippen MR) is 72.2 cm³/mol. The second-order valence-corrected chi connectivity index (χ2v) is 4.46. The van der Waals surface area contributed by atoms with Crippen LogP contribution in [0.2, 0.25) is 0 Å². The van der Waals surface area contributed by atoms with Crippen molar-refractivity contribution in [2.24, 2.45) is 0 Å². The number of unbranched alkanes of at least 4 members (excludes halogenated alkanes) is 1. The minimum absolute atomic E-state index is 0.593. The SMILES string of the molecule is COc1cc(COCCCCBr)cc(OC)c1. The van der Waals surface area contributed by atoms with Crippen molar-refractivity contribution >= 4 is 15.9 Å². The van der Waals surface area contributed by atoms with E-state index in [2.05, 4.69) is 15.9 Å². The number of rotatable bonds is 8. The monoisotopic (exact) mass is 302 g/mol. The van der Waals surface area contributed by atoms with E-state index in [0.717, 1.165) is 41.8 Å². The predicted octanol–water partition coefficient (Wildman–Crippen LogP) is 3.40. The quantitative estimate of drug-likeness (QED) is 0.544. The molecule has 0 saturated heterocycles. The molecule has 4 heteroatoms. The highest BCUT2D eigenvalue weighted by molar-refractivity contribution is 9.09. The van der Waals surface area contributed by atoms with Gasteiger partial charge in [0.1, 0.15) is 11.5 Å². The summed E-state index contributed by atoms with van der Waals surface area (Å²) >= 11 is 3.40. The number of methoxy groups -OCH3 is 2. The summed E-state index contributed by atoms with van der Waals surface area (Å²) in [4.78, 5) is 0. The van der Waals surface area contributed by atoms with E-state index >= 15 is 0 Å². The molecule has 0 bridgehead atoms. The molecule has 0 radical (unpaired) electrons. The van der Waals surface area contributed by atoms with Crippen molar-refractivity contribution in [1.82, 2.24) is 0 Å². The van der Waals surface area contributed by atoms with Crippen LogP contribution in [0.1, 0.15) is 18.4 Å². The number of alkyl halides is 1. The van der Waals surface area contributed by atoms with Crippen LogP contribution in [0.4, 0.5) is 0 Å². The van der Waals surface area contributed by atoms with Gasteiger partial charge in [0.05, 0.1) is 20.8 Å². The first-order valence-electron chi connectivity index (χ1n) is 5.65. The lowest BCUT2D eigenvalue weighted by Gasteiger charge is -2.09. The average molecular weight is 303 g/mol. The van der Waals surface area contributed by atoms with E-state index in [0.29, 0.717) is 6.61 Å². The van der Waals surface area contributed by atoms with Crippen LogP contribution in [0.5, 0.6) is 11.5 Å². The molecule has 0 aliphatic carbocycles. The van der Waals surface area contributed by atoms with Crippen LogP contribution in [-0.2, 0) is 11.3 Å². The van der Waals surface area contributed by atoms with Crippen molar-refractivity contribution < 1.29 is 14.2 Å². The van der Waals surface area contributed by atoms with E-state index in [1.807, 2.05) is 18.2 Å². The van der Waals surface area contributed by atoms with E-state index < -0.39 is 0 Å². The standard InChI is InChI=1S/C13H19BrO3/c1-15-12-7-11(8-13(9-12)16-2)10-17-6-4-3-5-14/h7-9H,3-6,10H2,1-2H3. The Morgan fingerprint density at radius 1 is 1.00 bits per heavy atom.